The molecule has 4 nitrogen and oxygen atoms in total. The third kappa shape index (κ3) is 2.34. The number of rotatable bonds is 5. The highest BCUT2D eigenvalue weighted by atomic mass is 16.2. The number of Topliss-reactive ketones (excluding diaryl/α,β-unsaturated/α-hetero) is 1. The van der Waals surface area contributed by atoms with Crippen LogP contribution >= 0.6 is 0 Å². The first-order chi connectivity index (χ1) is 8.40. The lowest BCUT2D eigenvalue weighted by atomic mass is 9.78. The second-order valence-electron chi connectivity index (χ2n) is 5.20. The first-order valence-electron chi connectivity index (χ1n) is 6.47. The van der Waals surface area contributed by atoms with Crippen molar-refractivity contribution in [3.63, 3.8) is 0 Å². The van der Waals surface area contributed by atoms with E-state index in [4.69, 9.17) is 0 Å². The topological polar surface area (TPSA) is 40.6 Å². The third-order valence-corrected chi connectivity index (χ3v) is 4.04. The molecular weight excluding hydrogens is 228 g/mol. The predicted molar refractivity (Wildman–Crippen MR) is 72.3 cm³/mol. The number of hydrogen-bond donors (Lipinski definition) is 0. The van der Waals surface area contributed by atoms with Gasteiger partial charge in [0.15, 0.2) is 5.78 Å². The van der Waals surface area contributed by atoms with E-state index in [2.05, 4.69) is 11.5 Å². The first kappa shape index (κ1) is 14.9. The average molecular weight is 252 g/mol. The summed E-state index contributed by atoms with van der Waals surface area (Å²) in [4.78, 5) is 28.0. The Bertz CT molecular complexity index is 354. The summed E-state index contributed by atoms with van der Waals surface area (Å²) in [5, 5.41) is 0. The maximum Gasteiger partial charge on any atom is 0.220 e. The molecule has 1 rings (SSSR count). The van der Waals surface area contributed by atoms with Crippen molar-refractivity contribution in [3.05, 3.63) is 12.7 Å². The van der Waals surface area contributed by atoms with Crippen LogP contribution in [0, 0.1) is 5.92 Å². The van der Waals surface area contributed by atoms with E-state index in [-0.39, 0.29) is 17.6 Å². The van der Waals surface area contributed by atoms with Crippen LogP contribution < -0.4 is 0 Å². The summed E-state index contributed by atoms with van der Waals surface area (Å²) >= 11 is 0. The molecule has 0 radical (unpaired) electrons. The van der Waals surface area contributed by atoms with Gasteiger partial charge in [-0.3, -0.25) is 9.59 Å². The Hall–Kier alpha value is -1.16. The Balaban J connectivity index is 3.21. The van der Waals surface area contributed by atoms with E-state index in [1.807, 2.05) is 20.0 Å². The predicted octanol–water partition coefficient (Wildman–Crippen LogP) is 1.32. The standard InChI is InChI=1S/C14H24N2O2/c1-6-8-12-9-15(4)10-14(12,13(18)7-2)16(5)11(3)17/h6,12H,1,7-10H2,2-5H3/t12-,14-/m0/s1. The zero-order valence-electron chi connectivity index (χ0n) is 11.9. The summed E-state index contributed by atoms with van der Waals surface area (Å²) in [6.45, 7) is 8.60. The van der Waals surface area contributed by atoms with Crippen LogP contribution in [-0.2, 0) is 9.59 Å². The number of likely N-dealkylation sites (tertiary alicyclic amines) is 1. The van der Waals surface area contributed by atoms with Gasteiger partial charge in [-0.1, -0.05) is 13.0 Å². The minimum absolute atomic E-state index is 0.0545. The highest BCUT2D eigenvalue weighted by Gasteiger charge is 2.53. The largest absolute Gasteiger partial charge is 0.332 e. The molecule has 1 aliphatic heterocycles. The maximum absolute atomic E-state index is 12.5. The van der Waals surface area contributed by atoms with Crippen LogP contribution in [0.1, 0.15) is 26.7 Å². The van der Waals surface area contributed by atoms with Crippen molar-refractivity contribution in [2.24, 2.45) is 5.92 Å². The lowest BCUT2D eigenvalue weighted by molar-refractivity contribution is -0.145. The molecule has 2 atom stereocenters. The van der Waals surface area contributed by atoms with Crippen molar-refractivity contribution in [2.45, 2.75) is 32.2 Å². The van der Waals surface area contributed by atoms with Gasteiger partial charge in [0, 0.05) is 39.4 Å². The number of likely N-dealkylation sites (N-methyl/N-ethyl adjacent to an activating group) is 2. The lowest BCUT2D eigenvalue weighted by Gasteiger charge is -2.41. The molecule has 0 unspecified atom stereocenters. The van der Waals surface area contributed by atoms with Gasteiger partial charge in [0.1, 0.15) is 5.54 Å². The minimum atomic E-state index is -0.677. The van der Waals surface area contributed by atoms with E-state index < -0.39 is 5.54 Å². The van der Waals surface area contributed by atoms with E-state index in [1.54, 1.807) is 11.9 Å². The van der Waals surface area contributed by atoms with Gasteiger partial charge in [-0.05, 0) is 13.5 Å². The molecule has 1 amide bonds. The minimum Gasteiger partial charge on any atom is -0.332 e. The zero-order chi connectivity index (χ0) is 13.9. The maximum atomic E-state index is 12.5. The molecule has 0 N–H and O–H groups in total. The highest BCUT2D eigenvalue weighted by molar-refractivity contribution is 5.93. The van der Waals surface area contributed by atoms with Crippen LogP contribution in [0.25, 0.3) is 0 Å². The van der Waals surface area contributed by atoms with Gasteiger partial charge in [-0.15, -0.1) is 6.58 Å². The van der Waals surface area contributed by atoms with Crippen LogP contribution in [0.5, 0.6) is 0 Å². The summed E-state index contributed by atoms with van der Waals surface area (Å²) in [6.07, 6.45) is 3.06. The van der Waals surface area contributed by atoms with E-state index in [9.17, 15) is 9.59 Å². The highest BCUT2D eigenvalue weighted by Crippen LogP contribution is 2.36. The van der Waals surface area contributed by atoms with Gasteiger partial charge in [0.05, 0.1) is 0 Å². The fraction of sp³-hybridized carbons (Fsp3) is 0.714. The van der Waals surface area contributed by atoms with Gasteiger partial charge < -0.3 is 9.80 Å². The molecule has 1 aliphatic rings. The second kappa shape index (κ2) is 5.65. The molecule has 1 fully saturated rings. The summed E-state index contributed by atoms with van der Waals surface area (Å²) in [6, 6.07) is 0. The fourth-order valence-corrected chi connectivity index (χ4v) is 3.07. The third-order valence-electron chi connectivity index (χ3n) is 4.04. The summed E-state index contributed by atoms with van der Waals surface area (Å²) in [7, 11) is 3.74. The number of hydrogen-bond acceptors (Lipinski definition) is 3. The molecular formula is C14H24N2O2. The van der Waals surface area contributed by atoms with Crippen LogP contribution in [0.2, 0.25) is 0 Å². The van der Waals surface area contributed by atoms with E-state index in [0.29, 0.717) is 13.0 Å². The van der Waals surface area contributed by atoms with Gasteiger partial charge in [0.25, 0.3) is 0 Å². The molecule has 1 heterocycles. The van der Waals surface area contributed by atoms with Crippen molar-refractivity contribution < 1.29 is 9.59 Å². The van der Waals surface area contributed by atoms with Crippen molar-refractivity contribution in [1.29, 1.82) is 0 Å². The summed E-state index contributed by atoms with van der Waals surface area (Å²) in [5.74, 6) is 0.235. The lowest BCUT2D eigenvalue weighted by Crippen LogP contribution is -2.59. The van der Waals surface area contributed by atoms with Crippen molar-refractivity contribution in [2.75, 3.05) is 27.2 Å². The first-order valence-corrected chi connectivity index (χ1v) is 6.47. The SMILES string of the molecule is C=CC[C@H]1CN(C)C[C@]1(C(=O)CC)N(C)C(C)=O. The number of carbonyl (C=O) groups is 2. The zero-order valence-corrected chi connectivity index (χ0v) is 11.9. The smallest absolute Gasteiger partial charge is 0.220 e. The van der Waals surface area contributed by atoms with Crippen LogP contribution in [0.15, 0.2) is 12.7 Å². The Kier molecular flexibility index (Phi) is 4.68. The second-order valence-corrected chi connectivity index (χ2v) is 5.20. The van der Waals surface area contributed by atoms with E-state index >= 15 is 0 Å². The van der Waals surface area contributed by atoms with Crippen LogP contribution in [-0.4, -0.2) is 54.2 Å². The van der Waals surface area contributed by atoms with Crippen LogP contribution in [0.3, 0.4) is 0 Å². The quantitative estimate of drug-likeness (QED) is 0.693. The molecule has 0 spiro atoms. The van der Waals surface area contributed by atoms with Gasteiger partial charge in [-0.25, -0.2) is 0 Å². The number of carbonyl (C=O) groups excluding carboxylic acids is 2. The molecule has 0 aromatic heterocycles. The molecule has 1 saturated heterocycles. The Morgan fingerprint density at radius 2 is 2.17 bits per heavy atom. The van der Waals surface area contributed by atoms with Crippen molar-refractivity contribution in [1.82, 2.24) is 9.80 Å². The number of nitrogens with zero attached hydrogens (tertiary/aromatic N) is 2. The molecule has 0 aliphatic carbocycles. The van der Waals surface area contributed by atoms with Gasteiger partial charge in [0.2, 0.25) is 5.91 Å². The summed E-state index contributed by atoms with van der Waals surface area (Å²) < 4.78 is 0. The average Bonchev–Trinajstić information content (AvgIpc) is 2.65. The van der Waals surface area contributed by atoms with Gasteiger partial charge in [-0.2, -0.15) is 0 Å². The Labute approximate surface area is 110 Å². The Morgan fingerprint density at radius 1 is 1.56 bits per heavy atom. The molecule has 18 heavy (non-hydrogen) atoms. The molecule has 0 aromatic rings. The van der Waals surface area contributed by atoms with E-state index in [0.717, 1.165) is 13.0 Å². The molecule has 0 saturated carbocycles. The molecule has 102 valence electrons. The van der Waals surface area contributed by atoms with Crippen molar-refractivity contribution >= 4 is 11.7 Å². The number of allylic oxidation sites excluding steroid dienone is 1. The number of ketones is 1. The fourth-order valence-electron chi connectivity index (χ4n) is 3.07. The van der Waals surface area contributed by atoms with Crippen molar-refractivity contribution in [3.8, 4) is 0 Å². The Morgan fingerprint density at radius 3 is 2.61 bits per heavy atom. The molecule has 0 aromatic carbocycles. The van der Waals surface area contributed by atoms with Gasteiger partial charge >= 0.3 is 0 Å². The monoisotopic (exact) mass is 252 g/mol. The van der Waals surface area contributed by atoms with E-state index in [1.165, 1.54) is 6.92 Å². The summed E-state index contributed by atoms with van der Waals surface area (Å²) in [5.41, 5.74) is -0.677. The molecule has 0 bridgehead atoms. The van der Waals surface area contributed by atoms with Crippen LogP contribution in [0.4, 0.5) is 0 Å². The number of amides is 1. The molecule has 4 heteroatoms. The normalized spacial score (nSPS) is 28.1.